The minimum absolute atomic E-state index is 0.0249. The van der Waals surface area contributed by atoms with Crippen molar-refractivity contribution in [2.24, 2.45) is 17.4 Å². The zero-order chi connectivity index (χ0) is 50.6. The lowest BCUT2D eigenvalue weighted by molar-refractivity contribution is -0.143. The number of aromatic hydroxyl groups is 1. The summed E-state index contributed by atoms with van der Waals surface area (Å²) in [5, 5.41) is 38.8. The number of nitrogens with one attached hydrogen (secondary N) is 7. The van der Waals surface area contributed by atoms with E-state index in [1.807, 2.05) is 12.1 Å². The van der Waals surface area contributed by atoms with Crippen LogP contribution in [0.2, 0.25) is 0 Å². The summed E-state index contributed by atoms with van der Waals surface area (Å²) < 4.78 is 0.920. The number of carbonyl (C=O) groups is 8. The lowest BCUT2D eigenvalue weighted by Crippen LogP contribution is -2.61. The maximum absolute atomic E-state index is 14.6. The molecule has 1 fully saturated rings. The van der Waals surface area contributed by atoms with Gasteiger partial charge in [-0.15, -0.1) is 0 Å². The Labute approximate surface area is 422 Å². The fourth-order valence-electron chi connectivity index (χ4n) is 6.99. The summed E-state index contributed by atoms with van der Waals surface area (Å²) in [5.74, 6) is -7.62. The highest BCUT2D eigenvalue weighted by atomic mass is 127. The van der Waals surface area contributed by atoms with Gasteiger partial charge >= 0.3 is 5.97 Å². The maximum atomic E-state index is 14.6. The molecule has 0 saturated carbocycles. The van der Waals surface area contributed by atoms with Crippen LogP contribution in [0.4, 0.5) is 0 Å². The second-order valence-electron chi connectivity index (χ2n) is 17.0. The Morgan fingerprint density at radius 3 is 1.68 bits per heavy atom. The number of halogens is 1. The fourth-order valence-corrected chi connectivity index (χ4v) is 9.68. The van der Waals surface area contributed by atoms with E-state index >= 15 is 0 Å². The first-order valence-electron chi connectivity index (χ1n) is 22.5. The van der Waals surface area contributed by atoms with E-state index in [9.17, 15) is 48.6 Å². The van der Waals surface area contributed by atoms with Crippen LogP contribution in [0, 0.1) is 9.49 Å². The molecule has 374 valence electrons. The molecule has 0 aliphatic carbocycles. The van der Waals surface area contributed by atoms with E-state index in [0.29, 0.717) is 29.5 Å². The molecule has 1 aliphatic rings. The zero-order valence-electron chi connectivity index (χ0n) is 38.6. The molecule has 69 heavy (non-hydrogen) atoms. The van der Waals surface area contributed by atoms with Gasteiger partial charge in [-0.25, -0.2) is 4.79 Å². The number of hydrogen-bond donors (Lipinski definition) is 11. The highest BCUT2D eigenvalue weighted by Gasteiger charge is 2.35. The summed E-state index contributed by atoms with van der Waals surface area (Å²) in [6.45, 7) is 4.91. The van der Waals surface area contributed by atoms with Crippen LogP contribution < -0.4 is 48.7 Å². The lowest BCUT2D eigenvalue weighted by atomic mass is 10.0. The molecule has 8 atom stereocenters. The number of amides is 7. The van der Waals surface area contributed by atoms with Crippen molar-refractivity contribution in [2.75, 3.05) is 18.1 Å². The van der Waals surface area contributed by atoms with Crippen LogP contribution in [0.5, 0.6) is 5.75 Å². The predicted molar refractivity (Wildman–Crippen MR) is 272 cm³/mol. The van der Waals surface area contributed by atoms with Gasteiger partial charge in [-0.1, -0.05) is 90.0 Å². The first kappa shape index (κ1) is 56.2. The highest BCUT2D eigenvalue weighted by Crippen LogP contribution is 2.24. The van der Waals surface area contributed by atoms with Gasteiger partial charge in [0.15, 0.2) is 0 Å². The van der Waals surface area contributed by atoms with E-state index < -0.39 is 102 Å². The van der Waals surface area contributed by atoms with Gasteiger partial charge in [0.25, 0.3) is 0 Å². The molecule has 0 spiro atoms. The molecule has 4 rings (SSSR count). The van der Waals surface area contributed by atoms with Gasteiger partial charge in [0.2, 0.25) is 41.4 Å². The number of phenols is 1. The second-order valence-corrected chi connectivity index (χ2v) is 20.8. The van der Waals surface area contributed by atoms with Crippen molar-refractivity contribution in [3.63, 3.8) is 0 Å². The van der Waals surface area contributed by atoms with Gasteiger partial charge in [-0.05, 0) is 102 Å². The lowest BCUT2D eigenvalue weighted by Gasteiger charge is -2.29. The number of carboxylic acids is 1. The fraction of sp³-hybridized carbons (Fsp3) is 0.447. The molecule has 19 nitrogen and oxygen atoms in total. The van der Waals surface area contributed by atoms with E-state index in [0.717, 1.165) is 25.2 Å². The highest BCUT2D eigenvalue weighted by molar-refractivity contribution is 14.1. The summed E-state index contributed by atoms with van der Waals surface area (Å²) in [7, 11) is 2.07. The van der Waals surface area contributed by atoms with Crippen molar-refractivity contribution < 1.29 is 48.6 Å². The zero-order valence-corrected chi connectivity index (χ0v) is 42.4. The van der Waals surface area contributed by atoms with Crippen LogP contribution >= 0.6 is 44.2 Å². The average Bonchev–Trinajstić information content (AvgIpc) is 3.31. The summed E-state index contributed by atoms with van der Waals surface area (Å²) in [6, 6.07) is 11.6. The van der Waals surface area contributed by atoms with E-state index in [-0.39, 0.29) is 49.5 Å². The number of unbranched alkanes of at least 4 members (excludes halogenated alkanes) is 1. The molecular formula is C47H62IN9O10S2. The van der Waals surface area contributed by atoms with Gasteiger partial charge < -0.3 is 58.9 Å². The minimum Gasteiger partial charge on any atom is -0.508 e. The van der Waals surface area contributed by atoms with Crippen LogP contribution in [0.25, 0.3) is 0 Å². The molecule has 0 unspecified atom stereocenters. The Hall–Kier alpha value is -5.43. The SMILES string of the molecule is CC(C)[C@H](NC(=O)[C@@H]1CSSC[C@H](NC(=O)[C@H](C)N)C(=O)N[C@@H](Cc2ccccc2)C(=O)N[C@H](Cc2ccc(I)cc2)C(=O)N[C@@H](CCCCN)C(=O)N[C@@H](Cc2ccc(O)cc2)C(=O)N1)C(=O)O. The monoisotopic (exact) mass is 1100 g/mol. The Bertz CT molecular complexity index is 2230. The second kappa shape index (κ2) is 28.3. The molecule has 1 aliphatic heterocycles. The number of carboxylic acid groups (broad SMARTS) is 1. The molecule has 1 heterocycles. The normalized spacial score (nSPS) is 22.1. The number of nitrogens with two attached hydrogens (primary N) is 2. The topological polar surface area (TPSA) is 313 Å². The average molecular weight is 1100 g/mol. The third-order valence-corrected chi connectivity index (χ3v) is 14.1. The Kier molecular flexibility index (Phi) is 23.0. The summed E-state index contributed by atoms with van der Waals surface area (Å²) in [6.07, 6.45) is 0.717. The largest absolute Gasteiger partial charge is 0.508 e. The van der Waals surface area contributed by atoms with Crippen molar-refractivity contribution in [1.82, 2.24) is 37.2 Å². The van der Waals surface area contributed by atoms with Gasteiger partial charge in [0.05, 0.1) is 6.04 Å². The number of benzene rings is 3. The maximum Gasteiger partial charge on any atom is 0.326 e. The molecule has 7 amide bonds. The van der Waals surface area contributed by atoms with Crippen molar-refractivity contribution in [2.45, 2.75) is 108 Å². The van der Waals surface area contributed by atoms with Crippen molar-refractivity contribution in [3.05, 3.63) is 99.1 Å². The van der Waals surface area contributed by atoms with Crippen molar-refractivity contribution >= 4 is 91.5 Å². The van der Waals surface area contributed by atoms with Gasteiger partial charge in [0, 0.05) is 34.3 Å². The minimum atomic E-state index is -1.41. The number of rotatable bonds is 16. The molecular weight excluding hydrogens is 1040 g/mol. The molecule has 1 saturated heterocycles. The van der Waals surface area contributed by atoms with Crippen LogP contribution in [0.15, 0.2) is 78.9 Å². The van der Waals surface area contributed by atoms with Crippen molar-refractivity contribution in [3.8, 4) is 5.75 Å². The summed E-state index contributed by atoms with van der Waals surface area (Å²) >= 11 is 2.14. The molecule has 13 N–H and O–H groups in total. The predicted octanol–water partition coefficient (Wildman–Crippen LogP) is 1.03. The number of phenolic OH excluding ortho intramolecular Hbond substituents is 1. The van der Waals surface area contributed by atoms with Gasteiger partial charge in [0.1, 0.15) is 48.0 Å². The smallest absolute Gasteiger partial charge is 0.326 e. The summed E-state index contributed by atoms with van der Waals surface area (Å²) in [4.78, 5) is 111. The quantitative estimate of drug-likeness (QED) is 0.0543. The Morgan fingerprint density at radius 1 is 0.681 bits per heavy atom. The first-order valence-corrected chi connectivity index (χ1v) is 26.0. The Morgan fingerprint density at radius 2 is 1.16 bits per heavy atom. The van der Waals surface area contributed by atoms with Gasteiger partial charge in [-0.3, -0.25) is 33.6 Å². The van der Waals surface area contributed by atoms with E-state index in [4.69, 9.17) is 11.5 Å². The molecule has 3 aromatic rings. The molecule has 0 radical (unpaired) electrons. The van der Waals surface area contributed by atoms with Crippen LogP contribution in [-0.2, 0) is 57.6 Å². The number of hydrogen-bond acceptors (Lipinski definition) is 13. The van der Waals surface area contributed by atoms with E-state index in [1.54, 1.807) is 68.4 Å². The summed E-state index contributed by atoms with van der Waals surface area (Å²) in [5.41, 5.74) is 13.5. The number of aliphatic carboxylic acids is 1. The first-order chi connectivity index (χ1) is 32.8. The molecule has 0 aromatic heterocycles. The molecule has 22 heteroatoms. The van der Waals surface area contributed by atoms with Crippen LogP contribution in [0.3, 0.4) is 0 Å². The van der Waals surface area contributed by atoms with E-state index in [1.165, 1.54) is 19.1 Å². The Balaban J connectivity index is 1.84. The van der Waals surface area contributed by atoms with Gasteiger partial charge in [-0.2, -0.15) is 0 Å². The van der Waals surface area contributed by atoms with Crippen molar-refractivity contribution in [1.29, 1.82) is 0 Å². The third kappa shape index (κ3) is 18.8. The van der Waals surface area contributed by atoms with Crippen LogP contribution in [-0.4, -0.2) is 124 Å². The third-order valence-electron chi connectivity index (χ3n) is 11.0. The van der Waals surface area contributed by atoms with Crippen LogP contribution in [0.1, 0.15) is 56.7 Å². The van der Waals surface area contributed by atoms with E-state index in [2.05, 4.69) is 59.8 Å². The molecule has 3 aromatic carbocycles. The standard InChI is InChI=1S/C47H62IN9O10S2/c1-26(2)39(47(66)67)57-46(65)38-25-69-68-24-37(55-40(59)27(3)50)45(64)54-34(21-28-9-5-4-6-10-28)43(62)53-35(22-29-12-16-31(48)17-13-29)42(61)51-33(11-7-8-20-49)41(60)52-36(44(63)56-38)23-30-14-18-32(58)19-15-30/h4-6,9-10,12-19,26-27,33-39,58H,7-8,11,20-25,49-50H2,1-3H3,(H,51,61)(H,52,60)(H,53,62)(H,54,64)(H,55,59)(H,56,63)(H,57,65)(H,66,67)/t27-,33-,34-,35+,36-,37-,38-,39-/m0/s1. The molecule has 0 bridgehead atoms. The number of carbonyl (C=O) groups excluding carboxylic acids is 7.